The Hall–Kier alpha value is 0.420. The van der Waals surface area contributed by atoms with E-state index in [-0.39, 0.29) is 10.9 Å². The monoisotopic (exact) mass is 294 g/mol. The quantitative estimate of drug-likeness (QED) is 0.499. The summed E-state index contributed by atoms with van der Waals surface area (Å²) in [7, 11) is 0. The Morgan fingerprint density at radius 2 is 1.67 bits per heavy atom. The largest absolute Gasteiger partial charge is 0.315 e. The zero-order valence-electron chi connectivity index (χ0n) is 10.9. The molecular weight excluding hydrogens is 271 g/mol. The molecule has 4 unspecified atom stereocenters. The molecule has 0 saturated carbocycles. The molecule has 0 spiro atoms. The van der Waals surface area contributed by atoms with E-state index in [2.05, 4.69) is 20.4 Å². The van der Waals surface area contributed by atoms with Crippen LogP contribution in [0.5, 0.6) is 0 Å². The van der Waals surface area contributed by atoms with Crippen molar-refractivity contribution in [1.82, 2.24) is 20.4 Å². The molecule has 0 aromatic rings. The maximum absolute atomic E-state index is 6.49. The van der Waals surface area contributed by atoms with Crippen LogP contribution in [0.2, 0.25) is 0 Å². The van der Waals surface area contributed by atoms with Crippen LogP contribution in [0.25, 0.3) is 0 Å². The molecule has 2 saturated heterocycles. The van der Waals surface area contributed by atoms with Crippen LogP contribution in [0, 0.1) is 0 Å². The lowest BCUT2D eigenvalue weighted by Gasteiger charge is -2.35. The Balaban J connectivity index is 2.00. The van der Waals surface area contributed by atoms with Crippen molar-refractivity contribution in [2.75, 3.05) is 58.9 Å². The second kappa shape index (κ2) is 7.88. The van der Waals surface area contributed by atoms with Crippen molar-refractivity contribution in [3.05, 3.63) is 0 Å². The Labute approximate surface area is 120 Å². The fourth-order valence-electron chi connectivity index (χ4n) is 2.54. The highest BCUT2D eigenvalue weighted by atomic mass is 35.5. The number of rotatable bonds is 0. The minimum Gasteiger partial charge on any atom is -0.315 e. The van der Waals surface area contributed by atoms with Gasteiger partial charge in [0, 0.05) is 45.8 Å². The van der Waals surface area contributed by atoms with Gasteiger partial charge in [0.25, 0.3) is 0 Å². The molecule has 2 bridgehead atoms. The number of nitrogens with zero attached hydrogens (tertiary/aromatic N) is 2. The standard InChI is InChI=1S/C12H24Cl2N4/c13-11-10-16-3-6-17-5-1-2-15-4-7-18(9-8-17)12(11)14/h11-12,15-16H,1-10H2. The van der Waals surface area contributed by atoms with E-state index in [0.29, 0.717) is 0 Å². The Morgan fingerprint density at radius 1 is 0.833 bits per heavy atom. The molecular formula is C12H24Cl2N4. The third-order valence-corrected chi connectivity index (χ3v) is 4.80. The molecule has 6 heteroatoms. The van der Waals surface area contributed by atoms with E-state index < -0.39 is 0 Å². The summed E-state index contributed by atoms with van der Waals surface area (Å²) in [6.07, 6.45) is 1.22. The second-order valence-electron chi connectivity index (χ2n) is 5.07. The van der Waals surface area contributed by atoms with Gasteiger partial charge in [-0.25, -0.2) is 0 Å². The van der Waals surface area contributed by atoms with Crippen LogP contribution in [0.3, 0.4) is 0 Å². The average molecular weight is 295 g/mol. The summed E-state index contributed by atoms with van der Waals surface area (Å²) >= 11 is 12.8. The fourth-order valence-corrected chi connectivity index (χ4v) is 3.09. The van der Waals surface area contributed by atoms with E-state index in [1.54, 1.807) is 0 Å². The Kier molecular flexibility index (Phi) is 6.49. The summed E-state index contributed by atoms with van der Waals surface area (Å²) in [4.78, 5) is 4.82. The van der Waals surface area contributed by atoms with E-state index in [9.17, 15) is 0 Å². The SMILES string of the molecule is ClC1CNCCN2CCCNCCN(CC2)C1Cl. The predicted molar refractivity (Wildman–Crippen MR) is 77.7 cm³/mol. The lowest BCUT2D eigenvalue weighted by molar-refractivity contribution is 0.172. The van der Waals surface area contributed by atoms with Gasteiger partial charge in [0.15, 0.2) is 0 Å². The van der Waals surface area contributed by atoms with E-state index >= 15 is 0 Å². The zero-order chi connectivity index (χ0) is 12.8. The van der Waals surface area contributed by atoms with Crippen LogP contribution in [0.4, 0.5) is 0 Å². The third-order valence-electron chi connectivity index (χ3n) is 3.70. The molecule has 0 aliphatic carbocycles. The average Bonchev–Trinajstić information content (AvgIpc) is 2.39. The van der Waals surface area contributed by atoms with E-state index in [0.717, 1.165) is 52.4 Å². The summed E-state index contributed by atoms with van der Waals surface area (Å²) in [5.74, 6) is 0. The highest BCUT2D eigenvalue weighted by molar-refractivity contribution is 6.29. The molecule has 0 aromatic carbocycles. The van der Waals surface area contributed by atoms with Crippen molar-refractivity contribution in [1.29, 1.82) is 0 Å². The molecule has 0 radical (unpaired) electrons. The normalized spacial score (nSPS) is 40.3. The van der Waals surface area contributed by atoms with Gasteiger partial charge in [0.05, 0.1) is 5.38 Å². The van der Waals surface area contributed by atoms with Gasteiger partial charge in [-0.2, -0.15) is 0 Å². The van der Waals surface area contributed by atoms with E-state index in [1.807, 2.05) is 0 Å². The number of fused-ring (bicyclic) bond motifs is 3. The third kappa shape index (κ3) is 4.51. The van der Waals surface area contributed by atoms with Crippen molar-refractivity contribution < 1.29 is 0 Å². The van der Waals surface area contributed by atoms with Crippen LogP contribution in [-0.4, -0.2) is 79.6 Å². The topological polar surface area (TPSA) is 30.5 Å². The molecule has 106 valence electrons. The lowest BCUT2D eigenvalue weighted by Crippen LogP contribution is -2.51. The van der Waals surface area contributed by atoms with Crippen LogP contribution in [-0.2, 0) is 0 Å². The zero-order valence-corrected chi connectivity index (χ0v) is 12.4. The van der Waals surface area contributed by atoms with Gasteiger partial charge in [-0.3, -0.25) is 4.90 Å². The molecule has 2 fully saturated rings. The number of halogens is 2. The first-order valence-corrected chi connectivity index (χ1v) is 7.80. The molecule has 2 aliphatic heterocycles. The van der Waals surface area contributed by atoms with Crippen LogP contribution in [0.1, 0.15) is 6.42 Å². The minimum absolute atomic E-state index is 0.0267. The molecule has 18 heavy (non-hydrogen) atoms. The summed E-state index contributed by atoms with van der Waals surface area (Å²) in [5.41, 5.74) is -0.0830. The first-order chi connectivity index (χ1) is 8.77. The van der Waals surface area contributed by atoms with Gasteiger partial charge < -0.3 is 15.5 Å². The van der Waals surface area contributed by atoms with E-state index in [4.69, 9.17) is 23.2 Å². The number of nitrogens with one attached hydrogen (secondary N) is 2. The van der Waals surface area contributed by atoms with Gasteiger partial charge in [0.2, 0.25) is 0 Å². The second-order valence-corrected chi connectivity index (χ2v) is 6.08. The number of hydrogen-bond donors (Lipinski definition) is 2. The first-order valence-electron chi connectivity index (χ1n) is 6.93. The van der Waals surface area contributed by atoms with Gasteiger partial charge in [-0.15, -0.1) is 23.2 Å². The highest BCUT2D eigenvalue weighted by Gasteiger charge is 2.25. The van der Waals surface area contributed by atoms with Crippen LogP contribution >= 0.6 is 23.2 Å². The summed E-state index contributed by atoms with van der Waals surface area (Å²) in [5, 5.41) is 6.85. The number of alkyl halides is 2. The fraction of sp³-hybridized carbons (Fsp3) is 1.00. The summed E-state index contributed by atoms with van der Waals surface area (Å²) in [6, 6.07) is 0. The molecule has 2 aliphatic rings. The molecule has 0 amide bonds. The maximum atomic E-state index is 6.49. The number of hydrogen-bond acceptors (Lipinski definition) is 4. The van der Waals surface area contributed by atoms with Gasteiger partial charge >= 0.3 is 0 Å². The lowest BCUT2D eigenvalue weighted by atomic mass is 10.2. The van der Waals surface area contributed by atoms with Crippen LogP contribution < -0.4 is 10.6 Å². The predicted octanol–water partition coefficient (Wildman–Crippen LogP) is 0.359. The van der Waals surface area contributed by atoms with Gasteiger partial charge in [0.1, 0.15) is 5.50 Å². The maximum Gasteiger partial charge on any atom is 0.103 e. The van der Waals surface area contributed by atoms with Crippen molar-refractivity contribution >= 4 is 23.2 Å². The molecule has 2 N–H and O–H groups in total. The minimum atomic E-state index is -0.0830. The molecule has 2 heterocycles. The summed E-state index contributed by atoms with van der Waals surface area (Å²) in [6.45, 7) is 9.23. The molecule has 4 nitrogen and oxygen atoms in total. The van der Waals surface area contributed by atoms with Crippen LogP contribution in [0.15, 0.2) is 0 Å². The first kappa shape index (κ1) is 14.8. The highest BCUT2D eigenvalue weighted by Crippen LogP contribution is 2.15. The Bertz CT molecular complexity index is 242. The molecule has 0 aromatic heterocycles. The van der Waals surface area contributed by atoms with Crippen molar-refractivity contribution in [3.63, 3.8) is 0 Å². The van der Waals surface area contributed by atoms with Crippen molar-refractivity contribution in [2.45, 2.75) is 17.3 Å². The Morgan fingerprint density at radius 3 is 2.56 bits per heavy atom. The van der Waals surface area contributed by atoms with Gasteiger partial charge in [-0.05, 0) is 19.5 Å². The summed E-state index contributed by atoms with van der Waals surface area (Å²) < 4.78 is 0. The van der Waals surface area contributed by atoms with E-state index in [1.165, 1.54) is 13.0 Å². The van der Waals surface area contributed by atoms with Crippen molar-refractivity contribution in [3.8, 4) is 0 Å². The molecule has 2 rings (SSSR count). The smallest absolute Gasteiger partial charge is 0.103 e. The molecule has 4 atom stereocenters. The van der Waals surface area contributed by atoms with Gasteiger partial charge in [-0.1, -0.05) is 0 Å². The van der Waals surface area contributed by atoms with Crippen molar-refractivity contribution in [2.24, 2.45) is 0 Å².